The van der Waals surface area contributed by atoms with Crippen LogP contribution >= 0.6 is 0 Å². The van der Waals surface area contributed by atoms with E-state index in [0.29, 0.717) is 68.5 Å². The molecule has 0 aliphatic carbocycles. The molecule has 0 aliphatic heterocycles. The van der Waals surface area contributed by atoms with E-state index in [2.05, 4.69) is 21.3 Å². The number of halogens is 6. The predicted octanol–water partition coefficient (Wildman–Crippen LogP) is 15.7. The minimum absolute atomic E-state index is 0.0297. The number of hydrogen-bond acceptors (Lipinski definition) is 10. The van der Waals surface area contributed by atoms with Crippen molar-refractivity contribution in [2.75, 3.05) is 49.7 Å². The number of rotatable bonds is 18. The fourth-order valence-electron chi connectivity index (χ4n) is 7.78. The fraction of sp³-hybridized carbons (Fsp3) is 0.127. The first kappa shape index (κ1) is 48.8. The molecule has 364 valence electrons. The Labute approximate surface area is 405 Å². The smallest absolute Gasteiger partial charge is 0.411 e. The van der Waals surface area contributed by atoms with Gasteiger partial charge in [-0.05, 0) is 157 Å². The van der Waals surface area contributed by atoms with Gasteiger partial charge in [-0.2, -0.15) is 26.3 Å². The van der Waals surface area contributed by atoms with Gasteiger partial charge in [0.05, 0.1) is 39.8 Å². The number of anilines is 8. The van der Waals surface area contributed by atoms with E-state index < -0.39 is 28.9 Å². The summed E-state index contributed by atoms with van der Waals surface area (Å²) in [5.74, 6) is 2.88. The third kappa shape index (κ3) is 10.8. The number of hydrogen-bond donors (Lipinski definition) is 4. The Bertz CT molecular complexity index is 2820. The van der Waals surface area contributed by atoms with E-state index >= 15 is 26.3 Å². The van der Waals surface area contributed by atoms with Gasteiger partial charge < -0.3 is 49.7 Å². The third-order valence-electron chi connectivity index (χ3n) is 11.4. The Morgan fingerprint density at radius 1 is 0.310 bits per heavy atom. The van der Waals surface area contributed by atoms with Gasteiger partial charge in [-0.15, -0.1) is 0 Å². The lowest BCUT2D eigenvalue weighted by Gasteiger charge is -2.38. The molecule has 4 N–H and O–H groups in total. The van der Waals surface area contributed by atoms with E-state index in [4.69, 9.17) is 28.4 Å². The quantitative estimate of drug-likeness (QED) is 0.0622. The van der Waals surface area contributed by atoms with Crippen LogP contribution in [0.3, 0.4) is 0 Å². The molecule has 8 aromatic carbocycles. The summed E-state index contributed by atoms with van der Waals surface area (Å²) >= 11 is 0. The molecule has 0 aromatic heterocycles. The first-order valence-corrected chi connectivity index (χ1v) is 21.8. The predicted molar refractivity (Wildman–Crippen MR) is 264 cm³/mol. The standard InChI is InChI=1S/C55H46F6N4O6/c1-66-41-27-15-37(16-28-41)62-47-7-5-9-49(51(47)64-39-19-31-43(68-3)32-20-39)70-45-23-11-35(12-24-45)53(54(56,57)58,55(59,60)61)36-13-25-46(26-14-36)71-50-10-6-8-48(63-38-17-29-42(67-2)30-18-38)52(50)65-40-21-33-44(69-4)34-22-40/h5-34,62-65H,1-4H3. The maximum Gasteiger partial charge on any atom is 0.411 e. The Morgan fingerprint density at radius 3 is 0.845 bits per heavy atom. The Morgan fingerprint density at radius 2 is 0.577 bits per heavy atom. The lowest BCUT2D eigenvalue weighted by Crippen LogP contribution is -2.54. The fourth-order valence-corrected chi connectivity index (χ4v) is 7.78. The van der Waals surface area contributed by atoms with Gasteiger partial charge in [-0.1, -0.05) is 36.4 Å². The zero-order valence-corrected chi connectivity index (χ0v) is 38.5. The molecule has 0 atom stereocenters. The number of para-hydroxylation sites is 2. The highest BCUT2D eigenvalue weighted by atomic mass is 19.4. The van der Waals surface area contributed by atoms with Crippen LogP contribution in [0.25, 0.3) is 0 Å². The monoisotopic (exact) mass is 972 g/mol. The normalized spacial score (nSPS) is 11.5. The minimum Gasteiger partial charge on any atom is -0.497 e. The highest BCUT2D eigenvalue weighted by Gasteiger charge is 2.72. The molecule has 16 heteroatoms. The number of alkyl halides is 6. The molecule has 0 spiro atoms. The van der Waals surface area contributed by atoms with E-state index in [1.165, 1.54) is 14.2 Å². The van der Waals surface area contributed by atoms with Crippen molar-refractivity contribution in [3.63, 3.8) is 0 Å². The van der Waals surface area contributed by atoms with Gasteiger partial charge in [0.25, 0.3) is 0 Å². The molecule has 0 heterocycles. The summed E-state index contributed by atoms with van der Waals surface area (Å²) in [4.78, 5) is 0. The van der Waals surface area contributed by atoms with Crippen LogP contribution in [-0.2, 0) is 5.41 Å². The van der Waals surface area contributed by atoms with Crippen molar-refractivity contribution in [1.29, 1.82) is 0 Å². The molecule has 0 fully saturated rings. The van der Waals surface area contributed by atoms with Gasteiger partial charge in [-0.3, -0.25) is 0 Å². The molecule has 71 heavy (non-hydrogen) atoms. The molecule has 0 amide bonds. The number of methoxy groups -OCH3 is 4. The molecule has 8 rings (SSSR count). The van der Waals surface area contributed by atoms with E-state index in [9.17, 15) is 0 Å². The first-order valence-electron chi connectivity index (χ1n) is 21.8. The second kappa shape index (κ2) is 20.9. The number of benzene rings is 8. The van der Waals surface area contributed by atoms with Crippen molar-refractivity contribution in [1.82, 2.24) is 0 Å². The maximum atomic E-state index is 15.4. The zero-order chi connectivity index (χ0) is 50.2. The van der Waals surface area contributed by atoms with Crippen LogP contribution < -0.4 is 49.7 Å². The van der Waals surface area contributed by atoms with Crippen LogP contribution in [0.5, 0.6) is 46.0 Å². The molecule has 0 aliphatic rings. The summed E-state index contributed by atoms with van der Waals surface area (Å²) in [5.41, 5.74) is -2.03. The van der Waals surface area contributed by atoms with E-state index in [1.54, 1.807) is 148 Å². The van der Waals surface area contributed by atoms with Gasteiger partial charge >= 0.3 is 12.4 Å². The molecule has 0 saturated carbocycles. The van der Waals surface area contributed by atoms with Crippen molar-refractivity contribution in [3.8, 4) is 46.0 Å². The topological polar surface area (TPSA) is 104 Å². The van der Waals surface area contributed by atoms with Crippen LogP contribution in [0, 0.1) is 0 Å². The highest BCUT2D eigenvalue weighted by Crippen LogP contribution is 2.57. The minimum atomic E-state index is -5.86. The van der Waals surface area contributed by atoms with Gasteiger partial charge in [-0.25, -0.2) is 0 Å². The van der Waals surface area contributed by atoms with E-state index in [-0.39, 0.29) is 23.0 Å². The Hall–Kier alpha value is -8.66. The molecular formula is C55H46F6N4O6. The summed E-state index contributed by atoms with van der Waals surface area (Å²) < 4.78 is 126. The van der Waals surface area contributed by atoms with Gasteiger partial charge in [0.15, 0.2) is 11.5 Å². The van der Waals surface area contributed by atoms with Crippen molar-refractivity contribution in [2.24, 2.45) is 0 Å². The Kier molecular flexibility index (Phi) is 14.4. The first-order chi connectivity index (χ1) is 34.2. The van der Waals surface area contributed by atoms with Crippen LogP contribution in [-0.4, -0.2) is 40.8 Å². The third-order valence-corrected chi connectivity index (χ3v) is 11.4. The molecule has 8 aromatic rings. The molecular weight excluding hydrogens is 927 g/mol. The highest BCUT2D eigenvalue weighted by molar-refractivity contribution is 5.85. The molecule has 0 saturated heterocycles. The second-order valence-electron chi connectivity index (χ2n) is 15.8. The van der Waals surface area contributed by atoms with Crippen LogP contribution in [0.15, 0.2) is 182 Å². The summed E-state index contributed by atoms with van der Waals surface area (Å²) in [6.07, 6.45) is -11.7. The van der Waals surface area contributed by atoms with Crippen molar-refractivity contribution in [2.45, 2.75) is 17.8 Å². The molecule has 0 radical (unpaired) electrons. The average Bonchev–Trinajstić information content (AvgIpc) is 3.37. The molecule has 10 nitrogen and oxygen atoms in total. The Balaban J connectivity index is 1.10. The van der Waals surface area contributed by atoms with Gasteiger partial charge in [0.1, 0.15) is 45.9 Å². The second-order valence-corrected chi connectivity index (χ2v) is 15.8. The average molecular weight is 973 g/mol. The summed E-state index contributed by atoms with van der Waals surface area (Å²) in [6, 6.07) is 45.9. The lowest BCUT2D eigenvalue weighted by molar-refractivity contribution is -0.288. The molecule has 0 bridgehead atoms. The van der Waals surface area contributed by atoms with Crippen molar-refractivity contribution < 1.29 is 54.8 Å². The summed E-state index contributed by atoms with van der Waals surface area (Å²) in [7, 11) is 6.18. The van der Waals surface area contributed by atoms with Crippen LogP contribution in [0.4, 0.5) is 71.8 Å². The van der Waals surface area contributed by atoms with E-state index in [0.717, 1.165) is 48.5 Å². The summed E-state index contributed by atoms with van der Waals surface area (Å²) in [6.45, 7) is 0. The lowest BCUT2D eigenvalue weighted by atomic mass is 9.73. The number of ether oxygens (including phenoxy) is 6. The zero-order valence-electron chi connectivity index (χ0n) is 38.5. The van der Waals surface area contributed by atoms with Gasteiger partial charge in [0, 0.05) is 22.7 Å². The SMILES string of the molecule is COc1ccc(Nc2cccc(Oc3ccc(C(c4ccc(Oc5cccc(Nc6ccc(OC)cc6)c5Nc5ccc(OC)cc5)cc4)(C(F)(F)F)C(F)(F)F)cc3)c2Nc2ccc(OC)cc2)cc1. The number of nitrogens with one attached hydrogen (secondary N) is 4. The van der Waals surface area contributed by atoms with Crippen molar-refractivity contribution >= 4 is 45.5 Å². The largest absolute Gasteiger partial charge is 0.497 e. The van der Waals surface area contributed by atoms with Crippen molar-refractivity contribution in [3.05, 3.63) is 193 Å². The van der Waals surface area contributed by atoms with Crippen LogP contribution in [0.2, 0.25) is 0 Å². The van der Waals surface area contributed by atoms with E-state index in [1.807, 2.05) is 0 Å². The van der Waals surface area contributed by atoms with Crippen LogP contribution in [0.1, 0.15) is 11.1 Å². The molecule has 0 unspecified atom stereocenters. The van der Waals surface area contributed by atoms with Gasteiger partial charge in [0.2, 0.25) is 5.41 Å². The maximum absolute atomic E-state index is 15.4. The summed E-state index contributed by atoms with van der Waals surface area (Å²) in [5, 5.41) is 13.3.